The molecule has 2 heterocycles. The fourth-order valence-corrected chi connectivity index (χ4v) is 2.29. The maximum Gasteiger partial charge on any atom is 0.331 e. The lowest BCUT2D eigenvalue weighted by Gasteiger charge is -2.22. The van der Waals surface area contributed by atoms with E-state index >= 15 is 0 Å². The van der Waals surface area contributed by atoms with Crippen LogP contribution in [0.5, 0.6) is 0 Å². The molecule has 1 aromatic heterocycles. The molecule has 1 aromatic carbocycles. The van der Waals surface area contributed by atoms with E-state index in [1.54, 1.807) is 0 Å². The Labute approximate surface area is 125 Å². The van der Waals surface area contributed by atoms with Crippen LogP contribution in [0.25, 0.3) is 11.3 Å². The predicted molar refractivity (Wildman–Crippen MR) is 75.2 cm³/mol. The van der Waals surface area contributed by atoms with Gasteiger partial charge in [-0.05, 0) is 0 Å². The first-order valence-electron chi connectivity index (χ1n) is 6.76. The predicted octanol–water partition coefficient (Wildman–Crippen LogP) is 1.32. The Bertz CT molecular complexity index is 689. The quantitative estimate of drug-likeness (QED) is 0.883. The zero-order valence-electron chi connectivity index (χ0n) is 11.6. The lowest BCUT2D eigenvalue weighted by molar-refractivity contribution is -0.144. The average Bonchev–Trinajstić information content (AvgIpc) is 3.18. The Morgan fingerprint density at radius 3 is 2.68 bits per heavy atom. The highest BCUT2D eigenvalue weighted by atomic mass is 16.5. The monoisotopic (exact) mass is 302 g/mol. The van der Waals surface area contributed by atoms with Crippen molar-refractivity contribution in [3.8, 4) is 11.3 Å². The molecule has 0 radical (unpaired) electrons. The van der Waals surface area contributed by atoms with Gasteiger partial charge in [0.1, 0.15) is 5.69 Å². The minimum Gasteiger partial charge on any atom is -0.479 e. The molecule has 2 aromatic rings. The molecule has 1 atom stereocenters. The summed E-state index contributed by atoms with van der Waals surface area (Å²) in [6.07, 6.45) is 0.216. The molecular weight excluding hydrogens is 288 g/mol. The zero-order valence-corrected chi connectivity index (χ0v) is 11.6. The number of aromatic nitrogens is 1. The Hall–Kier alpha value is -2.67. The van der Waals surface area contributed by atoms with Crippen molar-refractivity contribution in [2.75, 3.05) is 13.2 Å². The molecule has 1 aliphatic heterocycles. The molecule has 7 nitrogen and oxygen atoms in total. The third-order valence-electron chi connectivity index (χ3n) is 3.59. The topological polar surface area (TPSA) is 102 Å². The van der Waals surface area contributed by atoms with Gasteiger partial charge in [0.15, 0.2) is 5.54 Å². The number of carboxylic acids is 1. The molecular formula is C15H14N2O5. The van der Waals surface area contributed by atoms with Gasteiger partial charge in [-0.3, -0.25) is 4.79 Å². The van der Waals surface area contributed by atoms with Crippen molar-refractivity contribution in [3.63, 3.8) is 0 Å². The van der Waals surface area contributed by atoms with Crippen LogP contribution in [-0.4, -0.2) is 40.9 Å². The summed E-state index contributed by atoms with van der Waals surface area (Å²) in [4.78, 5) is 23.6. The van der Waals surface area contributed by atoms with Crippen LogP contribution in [-0.2, 0) is 9.53 Å². The van der Waals surface area contributed by atoms with Crippen molar-refractivity contribution in [1.82, 2.24) is 10.5 Å². The summed E-state index contributed by atoms with van der Waals surface area (Å²) < 4.78 is 10.1. The third kappa shape index (κ3) is 2.58. The van der Waals surface area contributed by atoms with Crippen LogP contribution in [0.2, 0.25) is 0 Å². The van der Waals surface area contributed by atoms with Crippen molar-refractivity contribution >= 4 is 11.9 Å². The minimum atomic E-state index is -1.41. The fourth-order valence-electron chi connectivity index (χ4n) is 2.29. The number of rotatable bonds is 4. The highest BCUT2D eigenvalue weighted by Gasteiger charge is 2.44. The zero-order chi connectivity index (χ0) is 15.6. The van der Waals surface area contributed by atoms with Gasteiger partial charge in [0, 0.05) is 24.7 Å². The van der Waals surface area contributed by atoms with Gasteiger partial charge in [0.05, 0.1) is 6.61 Å². The molecule has 1 aliphatic rings. The number of amides is 1. The van der Waals surface area contributed by atoms with Crippen molar-refractivity contribution in [1.29, 1.82) is 0 Å². The van der Waals surface area contributed by atoms with E-state index in [-0.39, 0.29) is 25.4 Å². The lowest BCUT2D eigenvalue weighted by atomic mass is 9.99. The van der Waals surface area contributed by atoms with Crippen molar-refractivity contribution in [2.45, 2.75) is 12.0 Å². The number of benzene rings is 1. The molecule has 3 rings (SSSR count). The number of aliphatic carboxylic acids is 1. The van der Waals surface area contributed by atoms with E-state index in [1.165, 1.54) is 6.07 Å². The standard InChI is InChI=1S/C15H14N2O5/c18-13(16-15(14(19)20)6-7-21-9-15)12-8-11(17-22-12)10-4-2-1-3-5-10/h1-5,8H,6-7,9H2,(H,16,18)(H,19,20). The third-order valence-corrected chi connectivity index (χ3v) is 3.59. The number of hydrogen-bond donors (Lipinski definition) is 2. The summed E-state index contributed by atoms with van der Waals surface area (Å²) in [5.74, 6) is -1.78. The van der Waals surface area contributed by atoms with Gasteiger partial charge in [-0.15, -0.1) is 0 Å². The Kier molecular flexibility index (Phi) is 3.64. The average molecular weight is 302 g/mol. The van der Waals surface area contributed by atoms with Crippen molar-refractivity contribution in [3.05, 3.63) is 42.2 Å². The number of nitrogens with one attached hydrogen (secondary N) is 1. The maximum absolute atomic E-state index is 12.2. The van der Waals surface area contributed by atoms with Gasteiger partial charge in [0.2, 0.25) is 5.76 Å². The van der Waals surface area contributed by atoms with E-state index in [1.807, 2.05) is 30.3 Å². The van der Waals surface area contributed by atoms with Crippen molar-refractivity contribution in [2.24, 2.45) is 0 Å². The van der Waals surface area contributed by atoms with E-state index in [0.29, 0.717) is 5.69 Å². The summed E-state index contributed by atoms with van der Waals surface area (Å²) in [7, 11) is 0. The molecule has 0 bridgehead atoms. The van der Waals surface area contributed by atoms with Crippen LogP contribution in [0.15, 0.2) is 40.9 Å². The van der Waals surface area contributed by atoms with Crippen LogP contribution in [0.4, 0.5) is 0 Å². The molecule has 0 saturated carbocycles. The molecule has 1 unspecified atom stereocenters. The van der Waals surface area contributed by atoms with Gasteiger partial charge in [0.25, 0.3) is 5.91 Å². The SMILES string of the molecule is O=C(NC1(C(=O)O)CCOC1)c1cc(-c2ccccc2)no1. The summed E-state index contributed by atoms with van der Waals surface area (Å²) >= 11 is 0. The fraction of sp³-hybridized carbons (Fsp3) is 0.267. The Morgan fingerprint density at radius 2 is 2.05 bits per heavy atom. The van der Waals surface area contributed by atoms with E-state index < -0.39 is 17.4 Å². The molecule has 2 N–H and O–H groups in total. The Morgan fingerprint density at radius 1 is 1.27 bits per heavy atom. The summed E-state index contributed by atoms with van der Waals surface area (Å²) in [5.41, 5.74) is -0.0863. The van der Waals surface area contributed by atoms with Gasteiger partial charge < -0.3 is 19.7 Å². The molecule has 1 fully saturated rings. The van der Waals surface area contributed by atoms with E-state index in [0.717, 1.165) is 5.56 Å². The molecule has 0 aliphatic carbocycles. The molecule has 114 valence electrons. The van der Waals surface area contributed by atoms with Gasteiger partial charge in [-0.1, -0.05) is 35.5 Å². The molecule has 0 spiro atoms. The number of carbonyl (C=O) groups is 2. The van der Waals surface area contributed by atoms with Crippen molar-refractivity contribution < 1.29 is 24.0 Å². The minimum absolute atomic E-state index is 0.0358. The number of ether oxygens (including phenoxy) is 1. The van der Waals surface area contributed by atoms with E-state index in [2.05, 4.69) is 10.5 Å². The molecule has 22 heavy (non-hydrogen) atoms. The first-order valence-corrected chi connectivity index (χ1v) is 6.76. The summed E-state index contributed by atoms with van der Waals surface area (Å²) in [6, 6.07) is 10.7. The number of carboxylic acid groups (broad SMARTS) is 1. The first-order chi connectivity index (χ1) is 10.6. The van der Waals surface area contributed by atoms with Crippen LogP contribution < -0.4 is 5.32 Å². The van der Waals surface area contributed by atoms with Crippen LogP contribution in [0.3, 0.4) is 0 Å². The van der Waals surface area contributed by atoms with E-state index in [4.69, 9.17) is 9.26 Å². The first kappa shape index (κ1) is 14.3. The second-order valence-corrected chi connectivity index (χ2v) is 5.09. The van der Waals surface area contributed by atoms with Crippen LogP contribution >= 0.6 is 0 Å². The Balaban J connectivity index is 1.79. The van der Waals surface area contributed by atoms with E-state index in [9.17, 15) is 14.7 Å². The molecule has 7 heteroatoms. The highest BCUT2D eigenvalue weighted by Crippen LogP contribution is 2.22. The van der Waals surface area contributed by atoms with Gasteiger partial charge in [-0.2, -0.15) is 0 Å². The molecule has 1 amide bonds. The van der Waals surface area contributed by atoms with Gasteiger partial charge >= 0.3 is 5.97 Å². The maximum atomic E-state index is 12.2. The molecule has 1 saturated heterocycles. The summed E-state index contributed by atoms with van der Waals surface area (Å²) in [5, 5.41) is 15.6. The van der Waals surface area contributed by atoms with Crippen LogP contribution in [0, 0.1) is 0 Å². The smallest absolute Gasteiger partial charge is 0.331 e. The van der Waals surface area contributed by atoms with Gasteiger partial charge in [-0.25, -0.2) is 4.79 Å². The lowest BCUT2D eigenvalue weighted by Crippen LogP contribution is -2.55. The number of nitrogens with zero attached hydrogens (tertiary/aromatic N) is 1. The summed E-state index contributed by atoms with van der Waals surface area (Å²) in [6.45, 7) is 0.228. The second kappa shape index (κ2) is 5.61. The number of hydrogen-bond acceptors (Lipinski definition) is 5. The largest absolute Gasteiger partial charge is 0.479 e. The normalized spacial score (nSPS) is 20.7. The number of carbonyl (C=O) groups excluding carboxylic acids is 1. The second-order valence-electron chi connectivity index (χ2n) is 5.09. The highest BCUT2D eigenvalue weighted by molar-refractivity contribution is 5.96. The van der Waals surface area contributed by atoms with Crippen LogP contribution in [0.1, 0.15) is 17.0 Å².